The first-order valence-corrected chi connectivity index (χ1v) is 7.81. The van der Waals surface area contributed by atoms with Crippen LogP contribution in [0.4, 0.5) is 8.78 Å². The predicted molar refractivity (Wildman–Crippen MR) is 85.6 cm³/mol. The molecule has 0 saturated carbocycles. The molecule has 0 radical (unpaired) electrons. The van der Waals surface area contributed by atoms with Crippen LogP contribution in [0.5, 0.6) is 0 Å². The van der Waals surface area contributed by atoms with E-state index >= 15 is 0 Å². The number of hydrogen-bond acceptors (Lipinski definition) is 1. The van der Waals surface area contributed by atoms with E-state index in [2.05, 4.69) is 21.2 Å². The third-order valence-electron chi connectivity index (χ3n) is 3.25. The SMILES string of the molecule is CCNC(Cc1c(F)cccc1F)c1cc(Cl)ccc1Br. The fourth-order valence-corrected chi connectivity index (χ4v) is 2.96. The minimum atomic E-state index is -0.531. The van der Waals surface area contributed by atoms with Gasteiger partial charge in [-0.1, -0.05) is 40.5 Å². The van der Waals surface area contributed by atoms with Gasteiger partial charge in [0.15, 0.2) is 0 Å². The van der Waals surface area contributed by atoms with Crippen LogP contribution in [0.1, 0.15) is 24.1 Å². The molecule has 5 heteroatoms. The second-order valence-corrected chi connectivity index (χ2v) is 5.97. The molecule has 0 aromatic heterocycles. The Morgan fingerprint density at radius 1 is 1.19 bits per heavy atom. The average molecular weight is 375 g/mol. The standard InChI is InChI=1S/C16H15BrClF2N/c1-2-21-16(11-8-10(18)6-7-13(11)17)9-12-14(19)4-3-5-15(12)20/h3-8,16,21H,2,9H2,1H3. The molecule has 21 heavy (non-hydrogen) atoms. The van der Waals surface area contributed by atoms with Crippen LogP contribution in [0.3, 0.4) is 0 Å². The van der Waals surface area contributed by atoms with Gasteiger partial charge in [-0.25, -0.2) is 8.78 Å². The van der Waals surface area contributed by atoms with Crippen molar-refractivity contribution < 1.29 is 8.78 Å². The Labute approximate surface area is 136 Å². The summed E-state index contributed by atoms with van der Waals surface area (Å²) in [4.78, 5) is 0. The maximum Gasteiger partial charge on any atom is 0.129 e. The van der Waals surface area contributed by atoms with Crippen LogP contribution in [-0.2, 0) is 6.42 Å². The fraction of sp³-hybridized carbons (Fsp3) is 0.250. The molecule has 0 aliphatic heterocycles. The first kappa shape index (κ1) is 16.4. The second-order valence-electron chi connectivity index (χ2n) is 4.68. The lowest BCUT2D eigenvalue weighted by Gasteiger charge is -2.21. The van der Waals surface area contributed by atoms with Crippen LogP contribution in [0.15, 0.2) is 40.9 Å². The van der Waals surface area contributed by atoms with E-state index in [9.17, 15) is 8.78 Å². The molecule has 1 nitrogen and oxygen atoms in total. The molecule has 2 aromatic carbocycles. The van der Waals surface area contributed by atoms with Crippen molar-refractivity contribution in [2.45, 2.75) is 19.4 Å². The van der Waals surface area contributed by atoms with Crippen LogP contribution >= 0.6 is 27.5 Å². The summed E-state index contributed by atoms with van der Waals surface area (Å²) in [7, 11) is 0. The van der Waals surface area contributed by atoms with Crippen LogP contribution in [0.2, 0.25) is 5.02 Å². The maximum atomic E-state index is 13.8. The third-order valence-corrected chi connectivity index (χ3v) is 4.21. The Morgan fingerprint density at radius 2 is 1.86 bits per heavy atom. The molecule has 0 fully saturated rings. The summed E-state index contributed by atoms with van der Waals surface area (Å²) in [5, 5.41) is 3.84. The van der Waals surface area contributed by atoms with Gasteiger partial charge in [-0.05, 0) is 48.9 Å². The van der Waals surface area contributed by atoms with E-state index in [4.69, 9.17) is 11.6 Å². The lowest BCUT2D eigenvalue weighted by molar-refractivity contribution is 0.498. The fourth-order valence-electron chi connectivity index (χ4n) is 2.25. The number of rotatable bonds is 5. The number of hydrogen-bond donors (Lipinski definition) is 1. The molecule has 0 amide bonds. The number of benzene rings is 2. The van der Waals surface area contributed by atoms with Gasteiger partial charge in [0.25, 0.3) is 0 Å². The van der Waals surface area contributed by atoms with Gasteiger partial charge in [-0.2, -0.15) is 0 Å². The van der Waals surface area contributed by atoms with Gasteiger partial charge < -0.3 is 5.32 Å². The molecule has 0 aliphatic rings. The van der Waals surface area contributed by atoms with Crippen molar-refractivity contribution >= 4 is 27.5 Å². The minimum absolute atomic E-state index is 0.0790. The second kappa shape index (κ2) is 7.34. The lowest BCUT2D eigenvalue weighted by Crippen LogP contribution is -2.24. The highest BCUT2D eigenvalue weighted by atomic mass is 79.9. The number of halogens is 4. The Bertz CT molecular complexity index is 613. The Morgan fingerprint density at radius 3 is 2.48 bits per heavy atom. The normalized spacial score (nSPS) is 12.4. The van der Waals surface area contributed by atoms with Gasteiger partial charge in [-0.3, -0.25) is 0 Å². The van der Waals surface area contributed by atoms with Gasteiger partial charge in [0.2, 0.25) is 0 Å². The monoisotopic (exact) mass is 373 g/mol. The van der Waals surface area contributed by atoms with Crippen molar-refractivity contribution in [2.75, 3.05) is 6.54 Å². The van der Waals surface area contributed by atoms with Gasteiger partial charge in [-0.15, -0.1) is 0 Å². The summed E-state index contributed by atoms with van der Waals surface area (Å²) < 4.78 is 28.5. The highest BCUT2D eigenvalue weighted by molar-refractivity contribution is 9.10. The van der Waals surface area contributed by atoms with Gasteiger partial charge in [0.1, 0.15) is 11.6 Å². The topological polar surface area (TPSA) is 12.0 Å². The van der Waals surface area contributed by atoms with Crippen LogP contribution < -0.4 is 5.32 Å². The van der Waals surface area contributed by atoms with Crippen molar-refractivity contribution in [1.82, 2.24) is 5.32 Å². The lowest BCUT2D eigenvalue weighted by atomic mass is 9.98. The molecule has 1 unspecified atom stereocenters. The van der Waals surface area contributed by atoms with Gasteiger partial charge in [0.05, 0.1) is 0 Å². The van der Waals surface area contributed by atoms with Crippen LogP contribution in [0.25, 0.3) is 0 Å². The average Bonchev–Trinajstić information content (AvgIpc) is 2.44. The smallest absolute Gasteiger partial charge is 0.129 e. The Kier molecular flexibility index (Phi) is 5.73. The molecule has 0 aliphatic carbocycles. The summed E-state index contributed by atoms with van der Waals surface area (Å²) in [5.41, 5.74) is 0.960. The third kappa shape index (κ3) is 4.02. The molecular weight excluding hydrogens is 360 g/mol. The number of likely N-dealkylation sites (N-methyl/N-ethyl adjacent to an activating group) is 1. The molecule has 0 saturated heterocycles. The molecule has 2 aromatic rings. The molecule has 1 atom stereocenters. The van der Waals surface area contributed by atoms with E-state index in [1.54, 1.807) is 12.1 Å². The zero-order valence-electron chi connectivity index (χ0n) is 11.5. The van der Waals surface area contributed by atoms with Crippen molar-refractivity contribution in [3.8, 4) is 0 Å². The first-order valence-electron chi connectivity index (χ1n) is 6.64. The van der Waals surface area contributed by atoms with E-state index in [0.29, 0.717) is 11.6 Å². The van der Waals surface area contributed by atoms with Crippen molar-refractivity contribution in [2.24, 2.45) is 0 Å². The van der Waals surface area contributed by atoms with Crippen molar-refractivity contribution in [3.05, 3.63) is 68.7 Å². The molecule has 2 rings (SSSR count). The Hall–Kier alpha value is -0.970. The van der Waals surface area contributed by atoms with Crippen molar-refractivity contribution in [3.63, 3.8) is 0 Å². The first-order chi connectivity index (χ1) is 10.0. The van der Waals surface area contributed by atoms with E-state index in [-0.39, 0.29) is 18.0 Å². The summed E-state index contributed by atoms with van der Waals surface area (Å²) in [6.07, 6.45) is 0.214. The molecule has 0 spiro atoms. The van der Waals surface area contributed by atoms with Crippen LogP contribution in [0, 0.1) is 11.6 Å². The summed E-state index contributed by atoms with van der Waals surface area (Å²) >= 11 is 9.50. The van der Waals surface area contributed by atoms with Gasteiger partial charge in [0, 0.05) is 21.1 Å². The van der Waals surface area contributed by atoms with Crippen molar-refractivity contribution in [1.29, 1.82) is 0 Å². The zero-order chi connectivity index (χ0) is 15.4. The Balaban J connectivity index is 2.38. The van der Waals surface area contributed by atoms with E-state index in [1.165, 1.54) is 18.2 Å². The molecular formula is C16H15BrClF2N. The highest BCUT2D eigenvalue weighted by Gasteiger charge is 2.19. The quantitative estimate of drug-likeness (QED) is 0.751. The minimum Gasteiger partial charge on any atom is -0.310 e. The summed E-state index contributed by atoms with van der Waals surface area (Å²) in [5.74, 6) is -1.06. The number of nitrogens with one attached hydrogen (secondary N) is 1. The van der Waals surface area contributed by atoms with Gasteiger partial charge >= 0.3 is 0 Å². The highest BCUT2D eigenvalue weighted by Crippen LogP contribution is 2.30. The predicted octanol–water partition coefficient (Wildman–Crippen LogP) is 5.27. The zero-order valence-corrected chi connectivity index (χ0v) is 13.8. The summed E-state index contributed by atoms with van der Waals surface area (Å²) in [6.45, 7) is 2.63. The molecule has 0 bridgehead atoms. The van der Waals surface area contributed by atoms with E-state index in [1.807, 2.05) is 13.0 Å². The van der Waals surface area contributed by atoms with E-state index in [0.717, 1.165) is 10.0 Å². The molecule has 1 N–H and O–H groups in total. The largest absolute Gasteiger partial charge is 0.310 e. The maximum absolute atomic E-state index is 13.8. The summed E-state index contributed by atoms with van der Waals surface area (Å²) in [6, 6.07) is 9.09. The van der Waals surface area contributed by atoms with Crippen LogP contribution in [-0.4, -0.2) is 6.54 Å². The molecule has 112 valence electrons. The van der Waals surface area contributed by atoms with E-state index < -0.39 is 11.6 Å². The molecule has 0 heterocycles.